The summed E-state index contributed by atoms with van der Waals surface area (Å²) in [5, 5.41) is 6.35. The number of carbonyl (C=O) groups is 2. The summed E-state index contributed by atoms with van der Waals surface area (Å²) in [6, 6.07) is -0.262. The van der Waals surface area contributed by atoms with Gasteiger partial charge in [0.05, 0.1) is 13.2 Å². The summed E-state index contributed by atoms with van der Waals surface area (Å²) in [6.07, 6.45) is 6.98. The number of carbonyl (C=O) groups excluding carboxylic acids is 2. The molecule has 5 nitrogen and oxygen atoms in total. The quantitative estimate of drug-likeness (QED) is 0.774. The van der Waals surface area contributed by atoms with Crippen LogP contribution in [0.1, 0.15) is 52.4 Å². The van der Waals surface area contributed by atoms with Crippen molar-refractivity contribution in [3.63, 3.8) is 0 Å². The van der Waals surface area contributed by atoms with Gasteiger partial charge in [0.25, 0.3) is 0 Å². The van der Waals surface area contributed by atoms with Gasteiger partial charge in [0.2, 0.25) is 5.91 Å². The molecule has 21 heavy (non-hydrogen) atoms. The van der Waals surface area contributed by atoms with Crippen LogP contribution in [0.15, 0.2) is 0 Å². The number of hydrogen-bond acceptors (Lipinski definition) is 4. The molecule has 2 fully saturated rings. The van der Waals surface area contributed by atoms with Crippen molar-refractivity contribution in [1.82, 2.24) is 10.6 Å². The van der Waals surface area contributed by atoms with Crippen molar-refractivity contribution in [1.29, 1.82) is 0 Å². The van der Waals surface area contributed by atoms with E-state index in [9.17, 15) is 9.59 Å². The summed E-state index contributed by atoms with van der Waals surface area (Å²) in [5.74, 6) is 0.310. The average molecular weight is 296 g/mol. The van der Waals surface area contributed by atoms with E-state index < -0.39 is 6.04 Å². The second kappa shape index (κ2) is 7.25. The molecule has 0 aromatic heterocycles. The van der Waals surface area contributed by atoms with Crippen molar-refractivity contribution in [2.75, 3.05) is 7.11 Å². The molecule has 1 saturated carbocycles. The molecule has 2 N–H and O–H groups in total. The first-order chi connectivity index (χ1) is 10.0. The van der Waals surface area contributed by atoms with E-state index in [4.69, 9.17) is 4.74 Å². The molecule has 3 unspecified atom stereocenters. The third-order valence-electron chi connectivity index (χ3n) is 4.89. The Morgan fingerprint density at radius 3 is 2.52 bits per heavy atom. The van der Waals surface area contributed by atoms with Crippen LogP contribution >= 0.6 is 0 Å². The van der Waals surface area contributed by atoms with E-state index in [1.165, 1.54) is 32.8 Å². The first-order valence-electron chi connectivity index (χ1n) is 8.17. The largest absolute Gasteiger partial charge is 0.467 e. The second-order valence-corrected chi connectivity index (χ2v) is 6.70. The van der Waals surface area contributed by atoms with Gasteiger partial charge in [-0.2, -0.15) is 0 Å². The molecule has 2 rings (SSSR count). The van der Waals surface area contributed by atoms with Gasteiger partial charge in [-0.1, -0.05) is 26.7 Å². The fourth-order valence-electron chi connectivity index (χ4n) is 3.58. The van der Waals surface area contributed by atoms with Crippen molar-refractivity contribution >= 4 is 11.9 Å². The van der Waals surface area contributed by atoms with Gasteiger partial charge >= 0.3 is 5.97 Å². The highest BCUT2D eigenvalue weighted by Crippen LogP contribution is 2.32. The lowest BCUT2D eigenvalue weighted by Crippen LogP contribution is -2.57. The molecule has 0 spiro atoms. The number of fused-ring (bicyclic) bond motifs is 1. The molecule has 2 aliphatic rings. The summed E-state index contributed by atoms with van der Waals surface area (Å²) in [7, 11) is 1.36. The summed E-state index contributed by atoms with van der Waals surface area (Å²) in [5.41, 5.74) is 0. The number of hydrogen-bond donors (Lipinski definition) is 2. The Labute approximate surface area is 127 Å². The molecule has 0 radical (unpaired) electrons. The van der Waals surface area contributed by atoms with Gasteiger partial charge in [0.15, 0.2) is 0 Å². The monoisotopic (exact) mass is 296 g/mol. The van der Waals surface area contributed by atoms with Crippen molar-refractivity contribution < 1.29 is 14.3 Å². The van der Waals surface area contributed by atoms with Crippen LogP contribution in [0.4, 0.5) is 0 Å². The van der Waals surface area contributed by atoms with Crippen LogP contribution in [0.5, 0.6) is 0 Å². The maximum Gasteiger partial charge on any atom is 0.328 e. The number of esters is 1. The fraction of sp³-hybridized carbons (Fsp3) is 0.875. The summed E-state index contributed by atoms with van der Waals surface area (Å²) < 4.78 is 4.77. The van der Waals surface area contributed by atoms with Crippen LogP contribution in [0.3, 0.4) is 0 Å². The highest BCUT2D eigenvalue weighted by Gasteiger charge is 2.36. The minimum Gasteiger partial charge on any atom is -0.467 e. The molecular formula is C16H28N2O3. The lowest BCUT2D eigenvalue weighted by molar-refractivity contribution is -0.146. The van der Waals surface area contributed by atoms with Crippen molar-refractivity contribution in [2.45, 2.75) is 70.5 Å². The lowest BCUT2D eigenvalue weighted by atomic mass is 9.77. The maximum atomic E-state index is 12.4. The highest BCUT2D eigenvalue weighted by atomic mass is 16.5. The van der Waals surface area contributed by atoms with Crippen molar-refractivity contribution in [2.24, 2.45) is 11.8 Å². The first kappa shape index (κ1) is 16.3. The van der Waals surface area contributed by atoms with Crippen molar-refractivity contribution in [3.8, 4) is 0 Å². The molecule has 0 bridgehead atoms. The van der Waals surface area contributed by atoms with Crippen LogP contribution in [-0.2, 0) is 14.3 Å². The normalized spacial score (nSPS) is 30.4. The Kier molecular flexibility index (Phi) is 5.62. The Balaban J connectivity index is 1.92. The molecule has 1 heterocycles. The Hall–Kier alpha value is -1.10. The van der Waals surface area contributed by atoms with E-state index in [1.807, 2.05) is 13.8 Å². The zero-order valence-corrected chi connectivity index (χ0v) is 13.4. The van der Waals surface area contributed by atoms with Gasteiger partial charge in [-0.3, -0.25) is 4.79 Å². The first-order valence-corrected chi connectivity index (χ1v) is 8.17. The van der Waals surface area contributed by atoms with Crippen LogP contribution in [0, 0.1) is 11.8 Å². The van der Waals surface area contributed by atoms with Crippen LogP contribution < -0.4 is 10.6 Å². The molecule has 0 aromatic carbocycles. The number of nitrogens with one attached hydrogen (secondary N) is 2. The fourth-order valence-corrected chi connectivity index (χ4v) is 3.58. The SMILES string of the molecule is COC(=O)[C@@H](NC(=O)C1CCC2CCCCC2N1)C(C)C. The summed E-state index contributed by atoms with van der Waals surface area (Å²) in [4.78, 5) is 24.2. The Morgan fingerprint density at radius 1 is 1.14 bits per heavy atom. The molecular weight excluding hydrogens is 268 g/mol. The molecule has 0 aromatic rings. The minimum absolute atomic E-state index is 0.0208. The lowest BCUT2D eigenvalue weighted by Gasteiger charge is -2.40. The molecule has 1 aliphatic carbocycles. The number of rotatable bonds is 4. The minimum atomic E-state index is -0.562. The van der Waals surface area contributed by atoms with Crippen LogP contribution in [0.2, 0.25) is 0 Å². The van der Waals surface area contributed by atoms with E-state index in [1.54, 1.807) is 0 Å². The zero-order chi connectivity index (χ0) is 15.4. The predicted molar refractivity (Wildman–Crippen MR) is 80.7 cm³/mol. The summed E-state index contributed by atoms with van der Waals surface area (Å²) >= 11 is 0. The van der Waals surface area contributed by atoms with E-state index in [0.717, 1.165) is 18.8 Å². The maximum absolute atomic E-state index is 12.4. The standard InChI is InChI=1S/C16H28N2O3/c1-10(2)14(16(20)21-3)18-15(19)13-9-8-11-6-4-5-7-12(11)17-13/h10-14,17H,4-9H2,1-3H3,(H,18,19)/t11?,12?,13?,14-/m0/s1. The topological polar surface area (TPSA) is 67.4 Å². The van der Waals surface area contributed by atoms with Gasteiger partial charge in [0, 0.05) is 6.04 Å². The van der Waals surface area contributed by atoms with Gasteiger partial charge < -0.3 is 15.4 Å². The number of piperidine rings is 1. The molecule has 4 atom stereocenters. The Morgan fingerprint density at radius 2 is 1.86 bits per heavy atom. The average Bonchev–Trinajstić information content (AvgIpc) is 2.50. The second-order valence-electron chi connectivity index (χ2n) is 6.70. The van der Waals surface area contributed by atoms with Crippen LogP contribution in [-0.4, -0.2) is 37.1 Å². The van der Waals surface area contributed by atoms with E-state index in [0.29, 0.717) is 6.04 Å². The summed E-state index contributed by atoms with van der Waals surface area (Å²) in [6.45, 7) is 3.82. The molecule has 1 aliphatic heterocycles. The van der Waals surface area contributed by atoms with Gasteiger partial charge in [-0.15, -0.1) is 0 Å². The highest BCUT2D eigenvalue weighted by molar-refractivity contribution is 5.87. The van der Waals surface area contributed by atoms with E-state index >= 15 is 0 Å². The number of ether oxygens (including phenoxy) is 1. The van der Waals surface area contributed by atoms with Gasteiger partial charge in [-0.25, -0.2) is 4.79 Å². The predicted octanol–water partition coefficient (Wildman–Crippen LogP) is 1.61. The van der Waals surface area contributed by atoms with Gasteiger partial charge in [-0.05, 0) is 37.5 Å². The molecule has 1 saturated heterocycles. The number of amides is 1. The van der Waals surface area contributed by atoms with Crippen LogP contribution in [0.25, 0.3) is 0 Å². The van der Waals surface area contributed by atoms with E-state index in [2.05, 4.69) is 10.6 Å². The van der Waals surface area contributed by atoms with Crippen molar-refractivity contribution in [3.05, 3.63) is 0 Å². The molecule has 1 amide bonds. The zero-order valence-electron chi connectivity index (χ0n) is 13.4. The van der Waals surface area contributed by atoms with E-state index in [-0.39, 0.29) is 23.8 Å². The van der Waals surface area contributed by atoms with Gasteiger partial charge in [0.1, 0.15) is 6.04 Å². The Bertz CT molecular complexity index is 384. The third kappa shape index (κ3) is 3.96. The smallest absolute Gasteiger partial charge is 0.328 e. The molecule has 5 heteroatoms. The molecule has 120 valence electrons. The third-order valence-corrected chi connectivity index (χ3v) is 4.89. The number of methoxy groups -OCH3 is 1.